The van der Waals surface area contributed by atoms with Crippen LogP contribution in [0.4, 0.5) is 0 Å². The standard InChI is InChI=1S/C45H31N3OS2/c46-44(48-45(27-10-2-1-3-11-27)47-26-30-12-8-19-41-42(30)35-14-5-7-18-40(35)50-41)29-21-23-37-36(24-29)32-22-20-28(25-38(32)49-37)31-15-9-16-34-33-13-4-6-17-39(33)51-43(31)34/h1-26,44-45,48H,46H2. The van der Waals surface area contributed by atoms with Crippen LogP contribution >= 0.6 is 22.7 Å². The number of hydrogen-bond acceptors (Lipinski definition) is 6. The lowest BCUT2D eigenvalue weighted by molar-refractivity contribution is 0.467. The molecule has 10 aromatic rings. The minimum absolute atomic E-state index is 0.350. The van der Waals surface area contributed by atoms with Gasteiger partial charge in [-0.25, -0.2) is 0 Å². The van der Waals surface area contributed by atoms with Crippen LogP contribution in [0.2, 0.25) is 0 Å². The van der Waals surface area contributed by atoms with E-state index in [9.17, 15) is 0 Å². The number of nitrogens with zero attached hydrogens (tertiary/aromatic N) is 1. The Morgan fingerprint density at radius 3 is 2.20 bits per heavy atom. The number of nitrogens with two attached hydrogens (primary N) is 1. The summed E-state index contributed by atoms with van der Waals surface area (Å²) >= 11 is 3.66. The molecule has 4 nitrogen and oxygen atoms in total. The maximum absolute atomic E-state index is 6.93. The number of aliphatic imine (C=N–C) groups is 1. The SMILES string of the molecule is NC(NC(N=Cc1cccc2sc3ccccc3c12)c1ccccc1)c1ccc2oc3cc(-c4cccc5c4sc4ccccc45)ccc3c2c1. The van der Waals surface area contributed by atoms with Crippen molar-refractivity contribution < 1.29 is 4.42 Å². The van der Waals surface area contributed by atoms with E-state index in [1.165, 1.54) is 45.9 Å². The van der Waals surface area contributed by atoms with Crippen LogP contribution in [-0.2, 0) is 0 Å². The summed E-state index contributed by atoms with van der Waals surface area (Å²) in [5.41, 5.74) is 14.1. The lowest BCUT2D eigenvalue weighted by Gasteiger charge is -2.21. The summed E-state index contributed by atoms with van der Waals surface area (Å²) in [6, 6.07) is 53.3. The van der Waals surface area contributed by atoms with Crippen LogP contribution in [-0.4, -0.2) is 6.21 Å². The average Bonchev–Trinajstić information content (AvgIpc) is 3.87. The van der Waals surface area contributed by atoms with Crippen LogP contribution < -0.4 is 11.1 Å². The van der Waals surface area contributed by atoms with Crippen molar-refractivity contribution >= 4 is 91.2 Å². The van der Waals surface area contributed by atoms with Gasteiger partial charge in [0, 0.05) is 62.9 Å². The van der Waals surface area contributed by atoms with Crippen molar-refractivity contribution in [3.63, 3.8) is 0 Å². The average molecular weight is 694 g/mol. The molecular formula is C45H31N3OS2. The first-order valence-electron chi connectivity index (χ1n) is 17.0. The van der Waals surface area contributed by atoms with Gasteiger partial charge in [-0.2, -0.15) is 0 Å². The van der Waals surface area contributed by atoms with Gasteiger partial charge in [0.05, 0.1) is 6.17 Å². The fourth-order valence-electron chi connectivity index (χ4n) is 7.32. The summed E-state index contributed by atoms with van der Waals surface area (Å²) < 4.78 is 11.6. The summed E-state index contributed by atoms with van der Waals surface area (Å²) in [5, 5.41) is 10.8. The van der Waals surface area contributed by atoms with Crippen LogP contribution in [0.3, 0.4) is 0 Å². The summed E-state index contributed by atoms with van der Waals surface area (Å²) in [6.45, 7) is 0. The zero-order chi connectivity index (χ0) is 33.9. The Morgan fingerprint density at radius 2 is 1.31 bits per heavy atom. The number of benzene rings is 7. The van der Waals surface area contributed by atoms with Crippen molar-refractivity contribution in [1.29, 1.82) is 0 Å². The topological polar surface area (TPSA) is 63.5 Å². The second kappa shape index (κ2) is 12.3. The molecule has 0 bridgehead atoms. The molecule has 6 heteroatoms. The van der Waals surface area contributed by atoms with Crippen molar-refractivity contribution in [2.75, 3.05) is 0 Å². The van der Waals surface area contributed by atoms with Crippen LogP contribution in [0.5, 0.6) is 0 Å². The molecule has 2 atom stereocenters. The maximum atomic E-state index is 6.93. The Labute approximate surface area is 302 Å². The number of hydrogen-bond donors (Lipinski definition) is 2. The lowest BCUT2D eigenvalue weighted by Crippen LogP contribution is -2.31. The van der Waals surface area contributed by atoms with E-state index >= 15 is 0 Å². The van der Waals surface area contributed by atoms with E-state index in [2.05, 4.69) is 127 Å². The number of furan rings is 1. The van der Waals surface area contributed by atoms with E-state index in [1.807, 2.05) is 59.2 Å². The van der Waals surface area contributed by atoms with Gasteiger partial charge in [-0.3, -0.25) is 10.3 Å². The third kappa shape index (κ3) is 5.23. The predicted molar refractivity (Wildman–Crippen MR) is 218 cm³/mol. The zero-order valence-electron chi connectivity index (χ0n) is 27.4. The van der Waals surface area contributed by atoms with Crippen molar-refractivity contribution in [3.8, 4) is 11.1 Å². The molecule has 0 saturated carbocycles. The maximum Gasteiger partial charge on any atom is 0.136 e. The van der Waals surface area contributed by atoms with Gasteiger partial charge >= 0.3 is 0 Å². The first-order chi connectivity index (χ1) is 25.2. The van der Waals surface area contributed by atoms with E-state index < -0.39 is 6.17 Å². The Balaban J connectivity index is 0.985. The summed E-state index contributed by atoms with van der Waals surface area (Å²) in [4.78, 5) is 5.11. The first-order valence-corrected chi connectivity index (χ1v) is 18.7. The van der Waals surface area contributed by atoms with Gasteiger partial charge in [-0.1, -0.05) is 109 Å². The second-order valence-corrected chi connectivity index (χ2v) is 15.0. The van der Waals surface area contributed by atoms with Gasteiger partial charge < -0.3 is 10.2 Å². The van der Waals surface area contributed by atoms with E-state index in [1.54, 1.807) is 0 Å². The van der Waals surface area contributed by atoms with Gasteiger partial charge in [0.1, 0.15) is 17.3 Å². The zero-order valence-corrected chi connectivity index (χ0v) is 29.0. The molecule has 51 heavy (non-hydrogen) atoms. The van der Waals surface area contributed by atoms with Gasteiger partial charge in [-0.15, -0.1) is 22.7 Å². The predicted octanol–water partition coefficient (Wildman–Crippen LogP) is 12.4. The Hall–Kier alpha value is -5.63. The molecule has 0 spiro atoms. The van der Waals surface area contributed by atoms with Crippen LogP contribution in [0.1, 0.15) is 29.0 Å². The van der Waals surface area contributed by atoms with E-state index in [4.69, 9.17) is 15.1 Å². The molecule has 0 amide bonds. The first kappa shape index (κ1) is 30.2. The summed E-state index contributed by atoms with van der Waals surface area (Å²) in [6.07, 6.45) is 1.17. The van der Waals surface area contributed by atoms with Crippen LogP contribution in [0.15, 0.2) is 161 Å². The number of rotatable bonds is 7. The minimum Gasteiger partial charge on any atom is -0.456 e. The Morgan fingerprint density at radius 1 is 0.569 bits per heavy atom. The number of nitrogens with one attached hydrogen (secondary N) is 1. The molecule has 2 unspecified atom stereocenters. The molecule has 244 valence electrons. The molecule has 10 rings (SSSR count). The molecule has 0 aliphatic heterocycles. The van der Waals surface area contributed by atoms with Gasteiger partial charge in [0.15, 0.2) is 0 Å². The normalized spacial score (nSPS) is 13.4. The van der Waals surface area contributed by atoms with E-state index in [0.717, 1.165) is 44.2 Å². The fourth-order valence-corrected chi connectivity index (χ4v) is 9.70. The van der Waals surface area contributed by atoms with Crippen molar-refractivity contribution in [2.45, 2.75) is 12.3 Å². The van der Waals surface area contributed by atoms with Crippen molar-refractivity contribution in [3.05, 3.63) is 168 Å². The lowest BCUT2D eigenvalue weighted by atomic mass is 10.0. The highest BCUT2D eigenvalue weighted by molar-refractivity contribution is 7.26. The molecule has 0 saturated heterocycles. The van der Waals surface area contributed by atoms with Crippen LogP contribution in [0.25, 0.3) is 73.4 Å². The van der Waals surface area contributed by atoms with Crippen molar-refractivity contribution in [1.82, 2.24) is 5.32 Å². The Bertz CT molecular complexity index is 2940. The van der Waals surface area contributed by atoms with Gasteiger partial charge in [0.2, 0.25) is 0 Å². The molecule has 3 aromatic heterocycles. The third-order valence-corrected chi connectivity index (χ3v) is 12.2. The van der Waals surface area contributed by atoms with Gasteiger partial charge in [0.25, 0.3) is 0 Å². The molecule has 7 aromatic carbocycles. The van der Waals surface area contributed by atoms with Crippen LogP contribution in [0, 0.1) is 0 Å². The molecule has 3 heterocycles. The molecule has 0 radical (unpaired) electrons. The molecule has 3 N–H and O–H groups in total. The summed E-state index contributed by atoms with van der Waals surface area (Å²) in [5.74, 6) is 0. The van der Waals surface area contributed by atoms with E-state index in [-0.39, 0.29) is 6.17 Å². The van der Waals surface area contributed by atoms with E-state index in [0.29, 0.717) is 0 Å². The molecule has 0 aliphatic rings. The summed E-state index contributed by atoms with van der Waals surface area (Å²) in [7, 11) is 0. The monoisotopic (exact) mass is 693 g/mol. The molecular weight excluding hydrogens is 663 g/mol. The number of thiophene rings is 2. The van der Waals surface area contributed by atoms with Crippen molar-refractivity contribution in [2.24, 2.45) is 10.7 Å². The number of fused-ring (bicyclic) bond motifs is 9. The smallest absolute Gasteiger partial charge is 0.136 e. The molecule has 0 fully saturated rings. The highest BCUT2D eigenvalue weighted by Crippen LogP contribution is 2.41. The Kier molecular flexibility index (Phi) is 7.29. The highest BCUT2D eigenvalue weighted by atomic mass is 32.1. The quantitative estimate of drug-likeness (QED) is 0.129. The third-order valence-electron chi connectivity index (χ3n) is 9.82. The second-order valence-electron chi connectivity index (χ2n) is 12.9. The largest absolute Gasteiger partial charge is 0.456 e. The molecule has 0 aliphatic carbocycles. The van der Waals surface area contributed by atoms with Gasteiger partial charge in [-0.05, 0) is 64.7 Å². The minimum atomic E-state index is -0.468. The fraction of sp³-hybridized carbons (Fsp3) is 0.0444. The highest BCUT2D eigenvalue weighted by Gasteiger charge is 2.18.